The predicted molar refractivity (Wildman–Crippen MR) is 90.0 cm³/mol. The molecule has 25 heavy (non-hydrogen) atoms. The Morgan fingerprint density at radius 3 is 2.88 bits per heavy atom. The van der Waals surface area contributed by atoms with E-state index in [0.29, 0.717) is 24.1 Å². The number of likely N-dealkylation sites (tertiary alicyclic amines) is 1. The second-order valence-electron chi connectivity index (χ2n) is 8.71. The molecule has 5 nitrogen and oxygen atoms in total. The standard InChI is InChI=1S/C20H23NO4/c22-14-4-3-12-13-7-11-15(23)8-16(24)18-17(11)20(12,19(14)25-18)5-6-21(13)9-10-1-2-10/h8,10,12-13,19,23-24H,1-7,9H2/t12-,13+,19?,20-/m0/s1. The first-order valence-electron chi connectivity index (χ1n) is 9.61. The van der Waals surface area contributed by atoms with Gasteiger partial charge in [0, 0.05) is 41.6 Å². The summed E-state index contributed by atoms with van der Waals surface area (Å²) in [7, 11) is 0. The van der Waals surface area contributed by atoms with Crippen molar-refractivity contribution in [2.24, 2.45) is 11.8 Å². The van der Waals surface area contributed by atoms with Crippen molar-refractivity contribution in [2.75, 3.05) is 13.1 Å². The fourth-order valence-corrected chi connectivity index (χ4v) is 6.33. The molecule has 1 unspecified atom stereocenters. The molecule has 132 valence electrons. The maximum Gasteiger partial charge on any atom is 0.174 e. The van der Waals surface area contributed by atoms with E-state index in [1.54, 1.807) is 0 Å². The highest BCUT2D eigenvalue weighted by molar-refractivity contribution is 5.89. The number of hydrogen-bond acceptors (Lipinski definition) is 5. The SMILES string of the molecule is O=C1CC[C@H]2[C@H]3Cc4c(O)cc(O)c5c4[C@@]2(CCN3CC2CC2)C1O5. The van der Waals surface area contributed by atoms with E-state index in [4.69, 9.17) is 4.74 Å². The lowest BCUT2D eigenvalue weighted by atomic mass is 9.51. The van der Waals surface area contributed by atoms with Crippen molar-refractivity contribution in [3.05, 3.63) is 17.2 Å². The van der Waals surface area contributed by atoms with Crippen LogP contribution in [0.15, 0.2) is 6.07 Å². The van der Waals surface area contributed by atoms with Gasteiger partial charge in [-0.1, -0.05) is 0 Å². The van der Waals surface area contributed by atoms with Gasteiger partial charge in [0.1, 0.15) is 5.75 Å². The van der Waals surface area contributed by atoms with Gasteiger partial charge in [-0.05, 0) is 50.5 Å². The van der Waals surface area contributed by atoms with Crippen LogP contribution in [0.2, 0.25) is 0 Å². The van der Waals surface area contributed by atoms with Crippen LogP contribution in [0.25, 0.3) is 0 Å². The molecule has 1 saturated heterocycles. The highest BCUT2D eigenvalue weighted by Crippen LogP contribution is 2.64. The Hall–Kier alpha value is -1.75. The fourth-order valence-electron chi connectivity index (χ4n) is 6.33. The van der Waals surface area contributed by atoms with Crippen molar-refractivity contribution in [3.8, 4) is 17.2 Å². The number of carbonyl (C=O) groups is 1. The molecule has 2 N–H and O–H groups in total. The first-order valence-corrected chi connectivity index (χ1v) is 9.61. The Morgan fingerprint density at radius 1 is 1.24 bits per heavy atom. The van der Waals surface area contributed by atoms with E-state index in [0.717, 1.165) is 49.4 Å². The molecular formula is C20H23NO4. The van der Waals surface area contributed by atoms with Gasteiger partial charge in [-0.25, -0.2) is 0 Å². The van der Waals surface area contributed by atoms with Crippen LogP contribution in [-0.4, -0.2) is 46.1 Å². The molecule has 0 aromatic heterocycles. The normalized spacial score (nSPS) is 38.4. The molecule has 5 heteroatoms. The molecule has 4 atom stereocenters. The van der Waals surface area contributed by atoms with Crippen LogP contribution in [0, 0.1) is 11.8 Å². The van der Waals surface area contributed by atoms with Gasteiger partial charge in [0.05, 0.1) is 0 Å². The monoisotopic (exact) mass is 341 g/mol. The summed E-state index contributed by atoms with van der Waals surface area (Å²) >= 11 is 0. The largest absolute Gasteiger partial charge is 0.508 e. The molecule has 0 amide bonds. The van der Waals surface area contributed by atoms with Gasteiger partial charge in [0.15, 0.2) is 23.4 Å². The van der Waals surface area contributed by atoms with Crippen LogP contribution in [0.5, 0.6) is 17.2 Å². The number of nitrogens with zero attached hydrogens (tertiary/aromatic N) is 1. The molecule has 2 bridgehead atoms. The Kier molecular flexibility index (Phi) is 2.60. The van der Waals surface area contributed by atoms with Crippen LogP contribution >= 0.6 is 0 Å². The number of rotatable bonds is 2. The lowest BCUT2D eigenvalue weighted by molar-refractivity contribution is -0.138. The Balaban J connectivity index is 1.56. The summed E-state index contributed by atoms with van der Waals surface area (Å²) in [5.74, 6) is 1.98. The summed E-state index contributed by atoms with van der Waals surface area (Å²) in [5, 5.41) is 20.9. The third-order valence-electron chi connectivity index (χ3n) is 7.52. The maximum absolute atomic E-state index is 12.7. The van der Waals surface area contributed by atoms with E-state index in [9.17, 15) is 15.0 Å². The number of Topliss-reactive ketones (excluding diaryl/α,β-unsaturated/α-hetero) is 1. The van der Waals surface area contributed by atoms with Gasteiger partial charge in [-0.15, -0.1) is 0 Å². The van der Waals surface area contributed by atoms with E-state index in [2.05, 4.69) is 4.90 Å². The Labute approximate surface area is 146 Å². The molecule has 2 heterocycles. The van der Waals surface area contributed by atoms with E-state index < -0.39 is 6.10 Å². The first kappa shape index (κ1) is 14.4. The van der Waals surface area contributed by atoms with Crippen LogP contribution in [0.1, 0.15) is 43.2 Å². The Morgan fingerprint density at radius 2 is 2.08 bits per heavy atom. The number of ether oxygens (including phenoxy) is 1. The van der Waals surface area contributed by atoms with Gasteiger partial charge < -0.3 is 14.9 Å². The molecule has 6 rings (SSSR count). The van der Waals surface area contributed by atoms with Crippen molar-refractivity contribution >= 4 is 5.78 Å². The molecule has 1 spiro atoms. The molecule has 2 saturated carbocycles. The molecule has 1 aromatic carbocycles. The minimum absolute atomic E-state index is 0.0227. The van der Waals surface area contributed by atoms with Crippen LogP contribution in [-0.2, 0) is 16.6 Å². The van der Waals surface area contributed by atoms with E-state index in [1.165, 1.54) is 18.9 Å². The zero-order chi connectivity index (χ0) is 16.9. The summed E-state index contributed by atoms with van der Waals surface area (Å²) < 4.78 is 6.08. The van der Waals surface area contributed by atoms with E-state index >= 15 is 0 Å². The van der Waals surface area contributed by atoms with Crippen LogP contribution in [0.4, 0.5) is 0 Å². The molecule has 0 radical (unpaired) electrons. The number of ketones is 1. The zero-order valence-electron chi connectivity index (χ0n) is 14.2. The average molecular weight is 341 g/mol. The van der Waals surface area contributed by atoms with Crippen LogP contribution < -0.4 is 4.74 Å². The van der Waals surface area contributed by atoms with Gasteiger partial charge in [-0.2, -0.15) is 0 Å². The van der Waals surface area contributed by atoms with Crippen LogP contribution in [0.3, 0.4) is 0 Å². The van der Waals surface area contributed by atoms with Crippen molar-refractivity contribution in [1.82, 2.24) is 4.90 Å². The predicted octanol–water partition coefficient (Wildman–Crippen LogP) is 2.12. The second kappa shape index (κ2) is 4.50. The summed E-state index contributed by atoms with van der Waals surface area (Å²) in [5.41, 5.74) is 1.53. The molecule has 3 aliphatic carbocycles. The first-order chi connectivity index (χ1) is 12.1. The Bertz CT molecular complexity index is 801. The average Bonchev–Trinajstić information content (AvgIpc) is 3.33. The number of piperidine rings is 1. The number of aromatic hydroxyl groups is 2. The smallest absolute Gasteiger partial charge is 0.174 e. The minimum Gasteiger partial charge on any atom is -0.508 e. The number of hydrogen-bond donors (Lipinski definition) is 2. The summed E-state index contributed by atoms with van der Waals surface area (Å²) in [6.45, 7) is 2.14. The number of phenolic OH excluding ortho intramolecular Hbond substituents is 2. The van der Waals surface area contributed by atoms with E-state index in [1.807, 2.05) is 0 Å². The molecule has 5 aliphatic rings. The van der Waals surface area contributed by atoms with Crippen molar-refractivity contribution in [1.29, 1.82) is 0 Å². The third-order valence-corrected chi connectivity index (χ3v) is 7.52. The maximum atomic E-state index is 12.7. The van der Waals surface area contributed by atoms with Crippen molar-refractivity contribution in [3.63, 3.8) is 0 Å². The number of phenols is 2. The van der Waals surface area contributed by atoms with Gasteiger partial charge in [0.25, 0.3) is 0 Å². The summed E-state index contributed by atoms with van der Waals surface area (Å²) in [6.07, 6.45) is 5.36. The topological polar surface area (TPSA) is 70.0 Å². The van der Waals surface area contributed by atoms with E-state index in [-0.39, 0.29) is 22.7 Å². The van der Waals surface area contributed by atoms with Crippen molar-refractivity contribution < 1.29 is 19.7 Å². The summed E-state index contributed by atoms with van der Waals surface area (Å²) in [6, 6.07) is 1.77. The van der Waals surface area contributed by atoms with Gasteiger partial charge in [0.2, 0.25) is 0 Å². The molecule has 1 aromatic rings. The number of benzene rings is 1. The van der Waals surface area contributed by atoms with Gasteiger partial charge in [-0.3, -0.25) is 9.69 Å². The summed E-state index contributed by atoms with van der Waals surface area (Å²) in [4.78, 5) is 15.3. The van der Waals surface area contributed by atoms with Crippen molar-refractivity contribution in [2.45, 2.75) is 56.1 Å². The fraction of sp³-hybridized carbons (Fsp3) is 0.650. The minimum atomic E-state index is -0.474. The number of carbonyl (C=O) groups excluding carboxylic acids is 1. The molecular weight excluding hydrogens is 318 g/mol. The zero-order valence-corrected chi connectivity index (χ0v) is 14.2. The highest BCUT2D eigenvalue weighted by atomic mass is 16.5. The van der Waals surface area contributed by atoms with Gasteiger partial charge >= 0.3 is 0 Å². The quantitative estimate of drug-likeness (QED) is 0.862. The lowest BCUT2D eigenvalue weighted by Crippen LogP contribution is -2.66. The molecule has 2 aliphatic heterocycles. The molecule has 3 fully saturated rings. The highest BCUT2D eigenvalue weighted by Gasteiger charge is 2.66. The second-order valence-corrected chi connectivity index (χ2v) is 8.71. The lowest BCUT2D eigenvalue weighted by Gasteiger charge is -2.57. The third kappa shape index (κ3) is 1.65.